The molecule has 0 spiro atoms. The maximum absolute atomic E-state index is 4.91. The number of nitrogens with one attached hydrogen (secondary N) is 1. The minimum absolute atomic E-state index is 0.571. The first-order chi connectivity index (χ1) is 13.3. The van der Waals surface area contributed by atoms with Crippen molar-refractivity contribution in [2.24, 2.45) is 4.99 Å². The van der Waals surface area contributed by atoms with Crippen LogP contribution >= 0.6 is 0 Å². The van der Waals surface area contributed by atoms with Crippen molar-refractivity contribution in [1.29, 1.82) is 0 Å². The summed E-state index contributed by atoms with van der Waals surface area (Å²) >= 11 is 0. The number of nitrogens with zero attached hydrogens (tertiary/aromatic N) is 5. The van der Waals surface area contributed by atoms with Gasteiger partial charge in [0.05, 0.1) is 6.54 Å². The first kappa shape index (κ1) is 17.3. The standard InChI is InChI=1S/C21H24N6/c1-2-23-21(26-12-9-17-6-3-4-7-19(17)15-26)25-14-18-8-5-10-24-20(18)27-13-11-22-16-27/h3-8,10-11,13,16H,2,9,12,14-15H2,1H3,(H,23,25). The average molecular weight is 360 g/mol. The molecule has 1 aliphatic heterocycles. The molecule has 6 nitrogen and oxygen atoms in total. The molecule has 1 aliphatic rings. The first-order valence-electron chi connectivity index (χ1n) is 9.37. The van der Waals surface area contributed by atoms with Gasteiger partial charge in [0.15, 0.2) is 5.96 Å². The monoisotopic (exact) mass is 360 g/mol. The van der Waals surface area contributed by atoms with E-state index in [-0.39, 0.29) is 0 Å². The molecule has 138 valence electrons. The summed E-state index contributed by atoms with van der Waals surface area (Å²) in [5, 5.41) is 3.44. The van der Waals surface area contributed by atoms with Crippen molar-refractivity contribution in [2.75, 3.05) is 13.1 Å². The van der Waals surface area contributed by atoms with Crippen molar-refractivity contribution in [2.45, 2.75) is 26.4 Å². The van der Waals surface area contributed by atoms with Gasteiger partial charge >= 0.3 is 0 Å². The molecule has 1 N–H and O–H groups in total. The minimum Gasteiger partial charge on any atom is -0.356 e. The Kier molecular flexibility index (Phi) is 5.14. The van der Waals surface area contributed by atoms with Gasteiger partial charge < -0.3 is 10.2 Å². The van der Waals surface area contributed by atoms with Crippen LogP contribution in [0.4, 0.5) is 0 Å². The highest BCUT2D eigenvalue weighted by molar-refractivity contribution is 5.80. The third kappa shape index (κ3) is 3.84. The molecule has 0 saturated heterocycles. The SMILES string of the molecule is CCNC(=NCc1cccnc1-n1ccnc1)N1CCc2ccccc2C1. The minimum atomic E-state index is 0.571. The van der Waals surface area contributed by atoms with Gasteiger partial charge in [-0.3, -0.25) is 4.57 Å². The van der Waals surface area contributed by atoms with Gasteiger partial charge in [-0.15, -0.1) is 0 Å². The molecule has 0 atom stereocenters. The summed E-state index contributed by atoms with van der Waals surface area (Å²) in [7, 11) is 0. The Bertz CT molecular complexity index is 916. The van der Waals surface area contributed by atoms with E-state index in [4.69, 9.17) is 4.99 Å². The molecule has 2 aromatic heterocycles. The largest absolute Gasteiger partial charge is 0.356 e. The molecule has 27 heavy (non-hydrogen) atoms. The Labute approximate surface area is 159 Å². The highest BCUT2D eigenvalue weighted by atomic mass is 15.3. The van der Waals surface area contributed by atoms with Crippen LogP contribution in [0.15, 0.2) is 66.3 Å². The molecule has 1 aromatic carbocycles. The molecular formula is C21H24N6. The zero-order valence-corrected chi connectivity index (χ0v) is 15.5. The molecule has 3 aromatic rings. The van der Waals surface area contributed by atoms with Crippen molar-refractivity contribution < 1.29 is 0 Å². The molecule has 6 heteroatoms. The summed E-state index contributed by atoms with van der Waals surface area (Å²) < 4.78 is 1.93. The Hall–Kier alpha value is -3.15. The Morgan fingerprint density at radius 2 is 2.04 bits per heavy atom. The van der Waals surface area contributed by atoms with E-state index in [0.717, 1.165) is 43.4 Å². The van der Waals surface area contributed by atoms with Crippen LogP contribution in [0, 0.1) is 0 Å². The van der Waals surface area contributed by atoms with E-state index in [1.807, 2.05) is 16.8 Å². The van der Waals surface area contributed by atoms with E-state index >= 15 is 0 Å². The van der Waals surface area contributed by atoms with Crippen LogP contribution < -0.4 is 5.32 Å². The lowest BCUT2D eigenvalue weighted by atomic mass is 10.0. The van der Waals surface area contributed by atoms with E-state index in [9.17, 15) is 0 Å². The second-order valence-corrected chi connectivity index (χ2v) is 6.57. The zero-order chi connectivity index (χ0) is 18.5. The number of aromatic nitrogens is 3. The van der Waals surface area contributed by atoms with E-state index < -0.39 is 0 Å². The number of fused-ring (bicyclic) bond motifs is 1. The predicted molar refractivity (Wildman–Crippen MR) is 107 cm³/mol. The lowest BCUT2D eigenvalue weighted by molar-refractivity contribution is 0.378. The van der Waals surface area contributed by atoms with Crippen LogP contribution in [0.25, 0.3) is 5.82 Å². The van der Waals surface area contributed by atoms with Crippen LogP contribution in [0.5, 0.6) is 0 Å². The molecule has 0 aliphatic carbocycles. The van der Waals surface area contributed by atoms with Crippen LogP contribution in [-0.2, 0) is 19.5 Å². The number of aliphatic imine (C=N–C) groups is 1. The van der Waals surface area contributed by atoms with Crippen molar-refractivity contribution in [3.8, 4) is 5.82 Å². The lowest BCUT2D eigenvalue weighted by Crippen LogP contribution is -2.44. The molecule has 3 heterocycles. The molecule has 0 radical (unpaired) electrons. The highest BCUT2D eigenvalue weighted by Crippen LogP contribution is 2.19. The molecule has 0 unspecified atom stereocenters. The van der Waals surface area contributed by atoms with E-state index in [2.05, 4.69) is 57.4 Å². The Morgan fingerprint density at radius 3 is 2.85 bits per heavy atom. The van der Waals surface area contributed by atoms with Gasteiger partial charge in [0.2, 0.25) is 0 Å². The normalized spacial score (nSPS) is 14.1. The van der Waals surface area contributed by atoms with E-state index in [1.165, 1.54) is 11.1 Å². The fraction of sp³-hybridized carbons (Fsp3) is 0.286. The van der Waals surface area contributed by atoms with Gasteiger partial charge in [-0.2, -0.15) is 0 Å². The maximum Gasteiger partial charge on any atom is 0.194 e. The van der Waals surface area contributed by atoms with Crippen molar-refractivity contribution >= 4 is 5.96 Å². The summed E-state index contributed by atoms with van der Waals surface area (Å²) in [5.74, 6) is 1.83. The summed E-state index contributed by atoms with van der Waals surface area (Å²) in [6, 6.07) is 12.7. The third-order valence-corrected chi connectivity index (χ3v) is 4.78. The van der Waals surface area contributed by atoms with Crippen molar-refractivity contribution in [1.82, 2.24) is 24.8 Å². The van der Waals surface area contributed by atoms with Crippen LogP contribution in [0.2, 0.25) is 0 Å². The van der Waals surface area contributed by atoms with Gasteiger partial charge in [-0.25, -0.2) is 15.0 Å². The van der Waals surface area contributed by atoms with Gasteiger partial charge in [-0.1, -0.05) is 30.3 Å². The van der Waals surface area contributed by atoms with Crippen molar-refractivity contribution in [3.05, 3.63) is 78.0 Å². The van der Waals surface area contributed by atoms with E-state index in [1.54, 1.807) is 18.7 Å². The maximum atomic E-state index is 4.91. The summed E-state index contributed by atoms with van der Waals surface area (Å²) in [4.78, 5) is 15.9. The fourth-order valence-corrected chi connectivity index (χ4v) is 3.43. The smallest absolute Gasteiger partial charge is 0.194 e. The van der Waals surface area contributed by atoms with Gasteiger partial charge in [-0.05, 0) is 30.5 Å². The second kappa shape index (κ2) is 8.03. The highest BCUT2D eigenvalue weighted by Gasteiger charge is 2.18. The summed E-state index contributed by atoms with van der Waals surface area (Å²) in [5.41, 5.74) is 3.90. The molecule has 0 bridgehead atoms. The van der Waals surface area contributed by atoms with Crippen molar-refractivity contribution in [3.63, 3.8) is 0 Å². The number of rotatable bonds is 4. The van der Waals surface area contributed by atoms with Crippen LogP contribution in [-0.4, -0.2) is 38.5 Å². The molecule has 4 rings (SSSR count). The predicted octanol–water partition coefficient (Wildman–Crippen LogP) is 2.79. The summed E-state index contributed by atoms with van der Waals surface area (Å²) in [6.45, 7) is 5.39. The quantitative estimate of drug-likeness (QED) is 0.574. The Morgan fingerprint density at radius 1 is 1.15 bits per heavy atom. The number of benzene rings is 1. The molecule has 0 saturated carbocycles. The Balaban J connectivity index is 1.56. The second-order valence-electron chi connectivity index (χ2n) is 6.57. The fourth-order valence-electron chi connectivity index (χ4n) is 3.43. The molecule has 0 amide bonds. The number of guanidine groups is 1. The first-order valence-corrected chi connectivity index (χ1v) is 9.37. The lowest BCUT2D eigenvalue weighted by Gasteiger charge is -2.31. The third-order valence-electron chi connectivity index (χ3n) is 4.78. The number of hydrogen-bond acceptors (Lipinski definition) is 3. The molecular weight excluding hydrogens is 336 g/mol. The average Bonchev–Trinajstić information content (AvgIpc) is 3.26. The van der Waals surface area contributed by atoms with Gasteiger partial charge in [0.1, 0.15) is 12.1 Å². The number of pyridine rings is 1. The van der Waals surface area contributed by atoms with Gasteiger partial charge in [0, 0.05) is 43.8 Å². The zero-order valence-electron chi connectivity index (χ0n) is 15.5. The van der Waals surface area contributed by atoms with Crippen LogP contribution in [0.1, 0.15) is 23.6 Å². The molecule has 0 fully saturated rings. The summed E-state index contributed by atoms with van der Waals surface area (Å²) in [6.07, 6.45) is 8.28. The van der Waals surface area contributed by atoms with E-state index in [0.29, 0.717) is 6.54 Å². The van der Waals surface area contributed by atoms with Gasteiger partial charge in [0.25, 0.3) is 0 Å². The number of hydrogen-bond donors (Lipinski definition) is 1. The topological polar surface area (TPSA) is 58.3 Å². The van der Waals surface area contributed by atoms with Crippen LogP contribution in [0.3, 0.4) is 0 Å². The number of imidazole rings is 1.